The summed E-state index contributed by atoms with van der Waals surface area (Å²) in [6.07, 6.45) is 1.92. The number of morpholine rings is 1. The number of amides is 1. The van der Waals surface area contributed by atoms with Crippen LogP contribution in [0.25, 0.3) is 0 Å². The highest BCUT2D eigenvalue weighted by Gasteiger charge is 2.30. The Kier molecular flexibility index (Phi) is 6.66. The molecule has 27 heavy (non-hydrogen) atoms. The second kappa shape index (κ2) is 9.17. The highest BCUT2D eigenvalue weighted by Crippen LogP contribution is 2.28. The average Bonchev–Trinajstić information content (AvgIpc) is 3.49. The van der Waals surface area contributed by atoms with Crippen LogP contribution in [0.15, 0.2) is 29.3 Å². The number of guanidine groups is 1. The summed E-state index contributed by atoms with van der Waals surface area (Å²) in [5, 5.41) is 6.27. The third kappa shape index (κ3) is 5.66. The summed E-state index contributed by atoms with van der Waals surface area (Å²) >= 11 is 0. The summed E-state index contributed by atoms with van der Waals surface area (Å²) in [5.41, 5.74) is 0.959. The van der Waals surface area contributed by atoms with Gasteiger partial charge in [0, 0.05) is 25.6 Å². The molecular formula is C20H29FN4O2. The minimum absolute atomic E-state index is 0.0345. The van der Waals surface area contributed by atoms with Crippen molar-refractivity contribution in [2.75, 3.05) is 32.7 Å². The summed E-state index contributed by atoms with van der Waals surface area (Å²) in [6, 6.07) is 6.47. The Bertz CT molecular complexity index is 660. The zero-order valence-electron chi connectivity index (χ0n) is 16.1. The summed E-state index contributed by atoms with van der Waals surface area (Å²) in [6.45, 7) is 7.29. The molecule has 2 fully saturated rings. The van der Waals surface area contributed by atoms with Crippen molar-refractivity contribution >= 4 is 11.9 Å². The lowest BCUT2D eigenvalue weighted by Gasteiger charge is -2.38. The fourth-order valence-corrected chi connectivity index (χ4v) is 3.24. The van der Waals surface area contributed by atoms with Crippen LogP contribution >= 0.6 is 0 Å². The summed E-state index contributed by atoms with van der Waals surface area (Å²) in [5.74, 6) is 0.938. The van der Waals surface area contributed by atoms with Crippen LogP contribution in [0, 0.1) is 11.7 Å². The van der Waals surface area contributed by atoms with E-state index in [0.717, 1.165) is 37.5 Å². The van der Waals surface area contributed by atoms with Gasteiger partial charge in [-0.05, 0) is 44.4 Å². The molecule has 6 nitrogen and oxygen atoms in total. The van der Waals surface area contributed by atoms with Crippen LogP contribution in [0.2, 0.25) is 0 Å². The standard InChI is InChI=1S/C20H29FN4O2/c1-3-22-20(24-11-10-23-19(26)16-4-5-16)25-12-14(2)27-18(13-25)15-6-8-17(21)9-7-15/h6-9,14,16,18H,3-5,10-13H2,1-2H3,(H,22,24)(H,23,26). The van der Waals surface area contributed by atoms with Gasteiger partial charge in [-0.25, -0.2) is 4.39 Å². The first-order valence-corrected chi connectivity index (χ1v) is 9.78. The predicted octanol–water partition coefficient (Wildman–Crippen LogP) is 2.08. The second-order valence-electron chi connectivity index (χ2n) is 7.19. The van der Waals surface area contributed by atoms with Crippen LogP contribution in [0.5, 0.6) is 0 Å². The Labute approximate surface area is 160 Å². The Morgan fingerprint density at radius 1 is 1.26 bits per heavy atom. The van der Waals surface area contributed by atoms with Gasteiger partial charge in [-0.3, -0.25) is 9.79 Å². The van der Waals surface area contributed by atoms with Gasteiger partial charge < -0.3 is 20.3 Å². The number of nitrogens with zero attached hydrogens (tertiary/aromatic N) is 2. The lowest BCUT2D eigenvalue weighted by Crippen LogP contribution is -2.51. The fraction of sp³-hybridized carbons (Fsp3) is 0.600. The van der Waals surface area contributed by atoms with Gasteiger partial charge in [0.15, 0.2) is 5.96 Å². The van der Waals surface area contributed by atoms with E-state index in [-0.39, 0.29) is 29.9 Å². The van der Waals surface area contributed by atoms with E-state index in [2.05, 4.69) is 20.5 Å². The smallest absolute Gasteiger partial charge is 0.223 e. The number of rotatable bonds is 6. The van der Waals surface area contributed by atoms with E-state index in [1.807, 2.05) is 13.8 Å². The Morgan fingerprint density at radius 3 is 2.67 bits per heavy atom. The molecule has 2 unspecified atom stereocenters. The molecule has 7 heteroatoms. The molecule has 1 saturated carbocycles. The highest BCUT2D eigenvalue weighted by atomic mass is 19.1. The maximum Gasteiger partial charge on any atom is 0.223 e. The quantitative estimate of drug-likeness (QED) is 0.453. The lowest BCUT2D eigenvalue weighted by atomic mass is 10.1. The molecule has 1 aliphatic heterocycles. The van der Waals surface area contributed by atoms with E-state index in [0.29, 0.717) is 19.6 Å². The molecule has 148 valence electrons. The topological polar surface area (TPSA) is 66.0 Å². The molecule has 0 bridgehead atoms. The monoisotopic (exact) mass is 376 g/mol. The Morgan fingerprint density at radius 2 is 2.00 bits per heavy atom. The van der Waals surface area contributed by atoms with Crippen LogP contribution in [0.1, 0.15) is 38.4 Å². The number of benzene rings is 1. The van der Waals surface area contributed by atoms with Crippen molar-refractivity contribution in [3.05, 3.63) is 35.6 Å². The van der Waals surface area contributed by atoms with E-state index in [1.54, 1.807) is 12.1 Å². The number of halogens is 1. The van der Waals surface area contributed by atoms with Gasteiger partial charge in [0.25, 0.3) is 0 Å². The van der Waals surface area contributed by atoms with Crippen molar-refractivity contribution in [1.29, 1.82) is 0 Å². The van der Waals surface area contributed by atoms with Gasteiger partial charge in [-0.2, -0.15) is 0 Å². The van der Waals surface area contributed by atoms with Gasteiger partial charge in [0.1, 0.15) is 11.9 Å². The van der Waals surface area contributed by atoms with E-state index < -0.39 is 0 Å². The Balaban J connectivity index is 1.61. The molecule has 2 aliphatic rings. The number of carbonyl (C=O) groups is 1. The Hall–Kier alpha value is -2.15. The fourth-order valence-electron chi connectivity index (χ4n) is 3.24. The van der Waals surface area contributed by atoms with Crippen LogP contribution < -0.4 is 10.6 Å². The number of aliphatic imine (C=N–C) groups is 1. The molecule has 0 aromatic heterocycles. The van der Waals surface area contributed by atoms with Crippen molar-refractivity contribution in [3.8, 4) is 0 Å². The summed E-state index contributed by atoms with van der Waals surface area (Å²) < 4.78 is 19.3. The van der Waals surface area contributed by atoms with Crippen molar-refractivity contribution in [2.45, 2.75) is 38.9 Å². The minimum Gasteiger partial charge on any atom is -0.367 e. The van der Waals surface area contributed by atoms with E-state index in [9.17, 15) is 9.18 Å². The zero-order chi connectivity index (χ0) is 19.2. The van der Waals surface area contributed by atoms with E-state index in [4.69, 9.17) is 4.74 Å². The third-order valence-electron chi connectivity index (χ3n) is 4.76. The van der Waals surface area contributed by atoms with Crippen molar-refractivity contribution in [1.82, 2.24) is 15.5 Å². The molecular weight excluding hydrogens is 347 g/mol. The largest absolute Gasteiger partial charge is 0.367 e. The zero-order valence-corrected chi connectivity index (χ0v) is 16.1. The first-order chi connectivity index (χ1) is 13.1. The van der Waals surface area contributed by atoms with Crippen molar-refractivity contribution < 1.29 is 13.9 Å². The predicted molar refractivity (Wildman–Crippen MR) is 103 cm³/mol. The van der Waals surface area contributed by atoms with Gasteiger partial charge in [-0.15, -0.1) is 0 Å². The first-order valence-electron chi connectivity index (χ1n) is 9.78. The van der Waals surface area contributed by atoms with Crippen molar-refractivity contribution in [2.24, 2.45) is 10.9 Å². The number of hydrogen-bond donors (Lipinski definition) is 2. The third-order valence-corrected chi connectivity index (χ3v) is 4.76. The normalized spacial score (nSPS) is 23.2. The van der Waals surface area contributed by atoms with Gasteiger partial charge in [0.2, 0.25) is 5.91 Å². The van der Waals surface area contributed by atoms with Crippen LogP contribution in [-0.2, 0) is 9.53 Å². The second-order valence-corrected chi connectivity index (χ2v) is 7.19. The molecule has 2 N–H and O–H groups in total. The van der Waals surface area contributed by atoms with Gasteiger partial charge in [0.05, 0.1) is 19.2 Å². The molecule has 2 atom stereocenters. The first kappa shape index (κ1) is 19.6. The number of hydrogen-bond acceptors (Lipinski definition) is 3. The average molecular weight is 376 g/mol. The molecule has 1 aliphatic carbocycles. The van der Waals surface area contributed by atoms with Gasteiger partial charge >= 0.3 is 0 Å². The van der Waals surface area contributed by atoms with E-state index >= 15 is 0 Å². The van der Waals surface area contributed by atoms with Crippen LogP contribution in [-0.4, -0.2) is 55.6 Å². The van der Waals surface area contributed by atoms with E-state index in [1.165, 1.54) is 12.1 Å². The minimum atomic E-state index is -0.248. The molecule has 1 saturated heterocycles. The maximum absolute atomic E-state index is 13.2. The van der Waals surface area contributed by atoms with Crippen LogP contribution in [0.4, 0.5) is 4.39 Å². The van der Waals surface area contributed by atoms with Crippen molar-refractivity contribution in [3.63, 3.8) is 0 Å². The number of ether oxygens (including phenoxy) is 1. The molecule has 1 heterocycles. The highest BCUT2D eigenvalue weighted by molar-refractivity contribution is 5.81. The lowest BCUT2D eigenvalue weighted by molar-refractivity contribution is -0.122. The molecule has 0 spiro atoms. The SMILES string of the molecule is CCNC(=NCCNC(=O)C1CC1)N1CC(C)OC(c2ccc(F)cc2)C1. The molecule has 0 radical (unpaired) electrons. The number of carbonyl (C=O) groups excluding carboxylic acids is 1. The van der Waals surface area contributed by atoms with Crippen LogP contribution in [0.3, 0.4) is 0 Å². The molecule has 1 aromatic rings. The number of nitrogens with one attached hydrogen (secondary N) is 2. The molecule has 1 amide bonds. The summed E-state index contributed by atoms with van der Waals surface area (Å²) in [4.78, 5) is 18.6. The van der Waals surface area contributed by atoms with Gasteiger partial charge in [-0.1, -0.05) is 12.1 Å². The summed E-state index contributed by atoms with van der Waals surface area (Å²) in [7, 11) is 0. The molecule has 3 rings (SSSR count). The molecule has 1 aromatic carbocycles. The maximum atomic E-state index is 13.2.